The minimum atomic E-state index is 0.318. The molecule has 1 amide bonds. The molecule has 1 unspecified atom stereocenters. The lowest BCUT2D eigenvalue weighted by Gasteiger charge is -2.34. The zero-order valence-corrected chi connectivity index (χ0v) is 14.8. The van der Waals surface area contributed by atoms with Gasteiger partial charge in [0.05, 0.1) is 0 Å². The minimum Gasteiger partial charge on any atom is -0.342 e. The van der Waals surface area contributed by atoms with Gasteiger partial charge >= 0.3 is 0 Å². The molecule has 128 valence electrons. The SMILES string of the molecule is CCCn1c(C)cnc1CC1CCCN(C(=O)C2CCCC2)C1. The molecule has 1 aliphatic heterocycles. The van der Waals surface area contributed by atoms with Gasteiger partial charge in [0.2, 0.25) is 5.91 Å². The summed E-state index contributed by atoms with van der Waals surface area (Å²) >= 11 is 0. The number of imidazole rings is 1. The van der Waals surface area contributed by atoms with E-state index in [0.717, 1.165) is 51.7 Å². The van der Waals surface area contributed by atoms with Gasteiger partial charge in [0.15, 0.2) is 0 Å². The average molecular weight is 317 g/mol. The van der Waals surface area contributed by atoms with Crippen LogP contribution in [0.3, 0.4) is 0 Å². The molecule has 1 saturated heterocycles. The second-order valence-electron chi connectivity index (χ2n) is 7.45. The first-order chi connectivity index (χ1) is 11.2. The maximum Gasteiger partial charge on any atom is 0.225 e. The summed E-state index contributed by atoms with van der Waals surface area (Å²) in [7, 11) is 0. The van der Waals surface area contributed by atoms with Gasteiger partial charge in [-0.15, -0.1) is 0 Å². The lowest BCUT2D eigenvalue weighted by atomic mass is 9.93. The van der Waals surface area contributed by atoms with Crippen molar-refractivity contribution in [1.82, 2.24) is 14.5 Å². The molecule has 1 aromatic heterocycles. The molecular formula is C19H31N3O. The number of rotatable bonds is 5. The molecule has 1 atom stereocenters. The summed E-state index contributed by atoms with van der Waals surface area (Å²) in [4.78, 5) is 19.5. The zero-order valence-electron chi connectivity index (χ0n) is 14.8. The van der Waals surface area contributed by atoms with Crippen LogP contribution in [0.5, 0.6) is 0 Å². The van der Waals surface area contributed by atoms with E-state index in [9.17, 15) is 4.79 Å². The van der Waals surface area contributed by atoms with Crippen molar-refractivity contribution in [3.8, 4) is 0 Å². The van der Waals surface area contributed by atoms with Gasteiger partial charge in [0.25, 0.3) is 0 Å². The smallest absolute Gasteiger partial charge is 0.225 e. The van der Waals surface area contributed by atoms with Crippen molar-refractivity contribution in [1.29, 1.82) is 0 Å². The van der Waals surface area contributed by atoms with Crippen molar-refractivity contribution in [2.75, 3.05) is 13.1 Å². The summed E-state index contributed by atoms with van der Waals surface area (Å²) in [6.45, 7) is 7.31. The quantitative estimate of drug-likeness (QED) is 0.832. The number of hydrogen-bond acceptors (Lipinski definition) is 2. The number of hydrogen-bond donors (Lipinski definition) is 0. The van der Waals surface area contributed by atoms with Crippen molar-refractivity contribution in [2.45, 2.75) is 71.8 Å². The molecule has 4 nitrogen and oxygen atoms in total. The summed E-state index contributed by atoms with van der Waals surface area (Å²) in [6, 6.07) is 0. The van der Waals surface area contributed by atoms with Crippen molar-refractivity contribution < 1.29 is 4.79 Å². The predicted octanol–water partition coefficient (Wildman–Crippen LogP) is 3.57. The molecule has 23 heavy (non-hydrogen) atoms. The van der Waals surface area contributed by atoms with Gasteiger partial charge in [-0.1, -0.05) is 19.8 Å². The predicted molar refractivity (Wildman–Crippen MR) is 92.2 cm³/mol. The third-order valence-corrected chi connectivity index (χ3v) is 5.59. The Morgan fingerprint density at radius 1 is 1.26 bits per heavy atom. The number of nitrogens with zero attached hydrogens (tertiary/aromatic N) is 3. The number of aromatic nitrogens is 2. The largest absolute Gasteiger partial charge is 0.342 e. The third-order valence-electron chi connectivity index (χ3n) is 5.59. The fourth-order valence-electron chi connectivity index (χ4n) is 4.32. The van der Waals surface area contributed by atoms with Gasteiger partial charge in [-0.25, -0.2) is 4.98 Å². The zero-order chi connectivity index (χ0) is 16.2. The van der Waals surface area contributed by atoms with Crippen molar-refractivity contribution in [2.24, 2.45) is 11.8 Å². The molecule has 2 aliphatic rings. The van der Waals surface area contributed by atoms with Gasteiger partial charge in [0, 0.05) is 43.9 Å². The van der Waals surface area contributed by atoms with E-state index in [-0.39, 0.29) is 0 Å². The third kappa shape index (κ3) is 3.78. The fraction of sp³-hybridized carbons (Fsp3) is 0.789. The normalized spacial score (nSPS) is 22.7. The van der Waals surface area contributed by atoms with Crippen molar-refractivity contribution >= 4 is 5.91 Å². The molecular weight excluding hydrogens is 286 g/mol. The Hall–Kier alpha value is -1.32. The topological polar surface area (TPSA) is 38.1 Å². The Kier molecular flexibility index (Phi) is 5.39. The lowest BCUT2D eigenvalue weighted by Crippen LogP contribution is -2.43. The number of carbonyl (C=O) groups excluding carboxylic acids is 1. The van der Waals surface area contributed by atoms with E-state index in [4.69, 9.17) is 0 Å². The van der Waals surface area contributed by atoms with Crippen LogP contribution in [0.1, 0.15) is 63.4 Å². The summed E-state index contributed by atoms with van der Waals surface area (Å²) in [5.74, 6) is 2.54. The van der Waals surface area contributed by atoms with Crippen LogP contribution in [0.25, 0.3) is 0 Å². The number of likely N-dealkylation sites (tertiary alicyclic amines) is 1. The maximum atomic E-state index is 12.7. The van der Waals surface area contributed by atoms with Crippen LogP contribution in [0.2, 0.25) is 0 Å². The highest BCUT2D eigenvalue weighted by atomic mass is 16.2. The molecule has 1 aliphatic carbocycles. The molecule has 2 fully saturated rings. The highest BCUT2D eigenvalue weighted by Gasteiger charge is 2.31. The van der Waals surface area contributed by atoms with E-state index in [1.54, 1.807) is 0 Å². The number of amides is 1. The molecule has 1 aromatic rings. The second-order valence-corrected chi connectivity index (χ2v) is 7.45. The standard InChI is InChI=1S/C19H31N3O/c1-3-10-22-15(2)13-20-18(22)12-16-7-6-11-21(14-16)19(23)17-8-4-5-9-17/h13,16-17H,3-12,14H2,1-2H3. The van der Waals surface area contributed by atoms with Gasteiger partial charge in [-0.2, -0.15) is 0 Å². The average Bonchev–Trinajstić information content (AvgIpc) is 3.20. The first kappa shape index (κ1) is 16.5. The Labute approximate surface area is 140 Å². The number of carbonyl (C=O) groups is 1. The second kappa shape index (κ2) is 7.50. The highest BCUT2D eigenvalue weighted by Crippen LogP contribution is 2.29. The van der Waals surface area contributed by atoms with Crippen LogP contribution < -0.4 is 0 Å². The van der Waals surface area contributed by atoms with Crippen LogP contribution in [-0.4, -0.2) is 33.4 Å². The number of piperidine rings is 1. The molecule has 0 radical (unpaired) electrons. The molecule has 0 N–H and O–H groups in total. The van der Waals surface area contributed by atoms with E-state index in [0.29, 0.717) is 17.7 Å². The fourth-order valence-corrected chi connectivity index (χ4v) is 4.32. The van der Waals surface area contributed by atoms with E-state index in [2.05, 4.69) is 28.3 Å². The van der Waals surface area contributed by atoms with Crippen LogP contribution >= 0.6 is 0 Å². The summed E-state index contributed by atoms with van der Waals surface area (Å²) in [6.07, 6.45) is 11.2. The maximum absolute atomic E-state index is 12.7. The van der Waals surface area contributed by atoms with Crippen LogP contribution in [0.4, 0.5) is 0 Å². The van der Waals surface area contributed by atoms with Gasteiger partial charge in [0.1, 0.15) is 5.82 Å². The monoisotopic (exact) mass is 317 g/mol. The molecule has 4 heteroatoms. The molecule has 2 heterocycles. The number of aryl methyl sites for hydroxylation is 1. The summed E-state index contributed by atoms with van der Waals surface area (Å²) < 4.78 is 2.36. The first-order valence-electron chi connectivity index (χ1n) is 9.48. The Balaban J connectivity index is 1.61. The first-order valence-corrected chi connectivity index (χ1v) is 9.48. The van der Waals surface area contributed by atoms with Gasteiger partial charge in [-0.3, -0.25) is 4.79 Å². The summed E-state index contributed by atoms with van der Waals surface area (Å²) in [5, 5.41) is 0. The molecule has 3 rings (SSSR count). The van der Waals surface area contributed by atoms with Gasteiger partial charge in [-0.05, 0) is 44.9 Å². The van der Waals surface area contributed by atoms with Crippen molar-refractivity contribution in [3.63, 3.8) is 0 Å². The van der Waals surface area contributed by atoms with E-state index < -0.39 is 0 Å². The van der Waals surface area contributed by atoms with E-state index in [1.807, 2.05) is 6.20 Å². The lowest BCUT2D eigenvalue weighted by molar-refractivity contribution is -0.137. The van der Waals surface area contributed by atoms with E-state index >= 15 is 0 Å². The Morgan fingerprint density at radius 2 is 2.04 bits per heavy atom. The summed E-state index contributed by atoms with van der Waals surface area (Å²) in [5.41, 5.74) is 1.26. The van der Waals surface area contributed by atoms with Crippen LogP contribution in [-0.2, 0) is 17.8 Å². The Bertz CT molecular complexity index is 531. The molecule has 0 aromatic carbocycles. The van der Waals surface area contributed by atoms with Crippen LogP contribution in [0, 0.1) is 18.8 Å². The highest BCUT2D eigenvalue weighted by molar-refractivity contribution is 5.79. The molecule has 0 spiro atoms. The Morgan fingerprint density at radius 3 is 2.78 bits per heavy atom. The minimum absolute atomic E-state index is 0.318. The van der Waals surface area contributed by atoms with Gasteiger partial charge < -0.3 is 9.47 Å². The molecule has 1 saturated carbocycles. The van der Waals surface area contributed by atoms with Crippen molar-refractivity contribution in [3.05, 3.63) is 17.7 Å². The van der Waals surface area contributed by atoms with E-state index in [1.165, 1.54) is 30.8 Å². The van der Waals surface area contributed by atoms with Crippen LogP contribution in [0.15, 0.2) is 6.20 Å². The molecule has 0 bridgehead atoms.